The van der Waals surface area contributed by atoms with E-state index in [0.717, 1.165) is 17.2 Å². The molecule has 0 saturated carbocycles. The molecule has 1 fully saturated rings. The van der Waals surface area contributed by atoms with Crippen molar-refractivity contribution in [1.29, 1.82) is 0 Å². The molecule has 6 nitrogen and oxygen atoms in total. The molecule has 1 saturated heterocycles. The first kappa shape index (κ1) is 11.2. The number of carbonyl (C=O) groups is 3. The second kappa shape index (κ2) is 4.28. The van der Waals surface area contributed by atoms with Gasteiger partial charge in [0.25, 0.3) is 5.91 Å². The van der Waals surface area contributed by atoms with Crippen LogP contribution in [0.2, 0.25) is 0 Å². The van der Waals surface area contributed by atoms with Gasteiger partial charge in [0.1, 0.15) is 13.1 Å². The van der Waals surface area contributed by atoms with E-state index in [0.29, 0.717) is 0 Å². The van der Waals surface area contributed by atoms with Crippen LogP contribution < -0.4 is 5.32 Å². The summed E-state index contributed by atoms with van der Waals surface area (Å²) in [6.07, 6.45) is 1.06. The smallest absolute Gasteiger partial charge is 0.256 e. The van der Waals surface area contributed by atoms with Crippen molar-refractivity contribution in [3.8, 4) is 0 Å². The zero-order valence-electron chi connectivity index (χ0n) is 8.64. The van der Waals surface area contributed by atoms with E-state index in [2.05, 4.69) is 10.3 Å². The monoisotopic (exact) mass is 237 g/mol. The number of hydrogen-bond donors (Lipinski definition) is 1. The van der Waals surface area contributed by atoms with Crippen molar-refractivity contribution >= 4 is 17.7 Å². The lowest BCUT2D eigenvalue weighted by Crippen LogP contribution is -2.53. The number of hydrogen-bond acceptors (Lipinski definition) is 4. The van der Waals surface area contributed by atoms with Crippen LogP contribution in [-0.2, 0) is 9.59 Å². The summed E-state index contributed by atoms with van der Waals surface area (Å²) >= 11 is 0. The van der Waals surface area contributed by atoms with Crippen molar-refractivity contribution in [3.05, 3.63) is 29.8 Å². The predicted octanol–water partition coefficient (Wildman–Crippen LogP) is -0.681. The number of rotatable bonds is 1. The van der Waals surface area contributed by atoms with E-state index in [1.54, 1.807) is 0 Å². The maximum Gasteiger partial charge on any atom is 0.256 e. The summed E-state index contributed by atoms with van der Waals surface area (Å²) in [6, 6.07) is 2.29. The average Bonchev–Trinajstić information content (AvgIpc) is 2.28. The summed E-state index contributed by atoms with van der Waals surface area (Å²) in [7, 11) is 0. The minimum absolute atomic E-state index is 0.133. The summed E-state index contributed by atoms with van der Waals surface area (Å²) in [5, 5.41) is 2.08. The Morgan fingerprint density at radius 1 is 1.29 bits per heavy atom. The largest absolute Gasteiger partial charge is 0.320 e. The second-order valence-corrected chi connectivity index (χ2v) is 3.50. The molecule has 7 heteroatoms. The van der Waals surface area contributed by atoms with Crippen LogP contribution in [-0.4, -0.2) is 40.7 Å². The number of halogens is 1. The Labute approximate surface area is 95.4 Å². The molecule has 88 valence electrons. The van der Waals surface area contributed by atoms with Gasteiger partial charge in [-0.1, -0.05) is 0 Å². The lowest BCUT2D eigenvalue weighted by molar-refractivity contribution is -0.135. The average molecular weight is 237 g/mol. The van der Waals surface area contributed by atoms with Crippen molar-refractivity contribution in [2.75, 3.05) is 13.1 Å². The van der Waals surface area contributed by atoms with E-state index in [4.69, 9.17) is 0 Å². The first-order valence-electron chi connectivity index (χ1n) is 4.80. The van der Waals surface area contributed by atoms with Crippen LogP contribution in [0.4, 0.5) is 4.39 Å². The number of amides is 3. The number of nitrogens with zero attached hydrogens (tertiary/aromatic N) is 2. The normalized spacial score (nSPS) is 15.7. The predicted molar refractivity (Wildman–Crippen MR) is 53.2 cm³/mol. The van der Waals surface area contributed by atoms with Gasteiger partial charge in [-0.05, 0) is 12.1 Å². The molecule has 1 aromatic rings. The quantitative estimate of drug-likeness (QED) is 0.518. The number of pyridine rings is 1. The highest BCUT2D eigenvalue weighted by Crippen LogP contribution is 2.06. The summed E-state index contributed by atoms with van der Waals surface area (Å²) in [4.78, 5) is 38.4. The molecule has 1 aliphatic heterocycles. The van der Waals surface area contributed by atoms with Crippen molar-refractivity contribution in [1.82, 2.24) is 15.2 Å². The first-order valence-corrected chi connectivity index (χ1v) is 4.80. The van der Waals surface area contributed by atoms with Gasteiger partial charge in [0.15, 0.2) is 0 Å². The van der Waals surface area contributed by atoms with Crippen LogP contribution in [0.15, 0.2) is 18.3 Å². The third-order valence-electron chi connectivity index (χ3n) is 2.21. The fourth-order valence-corrected chi connectivity index (χ4v) is 1.47. The van der Waals surface area contributed by atoms with Gasteiger partial charge in [-0.25, -0.2) is 4.98 Å². The van der Waals surface area contributed by atoms with Gasteiger partial charge < -0.3 is 4.90 Å². The number of carbonyl (C=O) groups excluding carboxylic acids is 3. The molecule has 0 aromatic carbocycles. The molecule has 0 bridgehead atoms. The Kier molecular flexibility index (Phi) is 2.82. The fraction of sp³-hybridized carbons (Fsp3) is 0.200. The third-order valence-corrected chi connectivity index (χ3v) is 2.21. The van der Waals surface area contributed by atoms with E-state index in [9.17, 15) is 18.8 Å². The van der Waals surface area contributed by atoms with Crippen molar-refractivity contribution in [3.63, 3.8) is 0 Å². The number of nitrogens with one attached hydrogen (secondary N) is 1. The first-order chi connectivity index (χ1) is 8.06. The Morgan fingerprint density at radius 2 is 1.94 bits per heavy atom. The molecule has 1 aromatic heterocycles. The van der Waals surface area contributed by atoms with Crippen LogP contribution in [0.5, 0.6) is 0 Å². The summed E-state index contributed by atoms with van der Waals surface area (Å²) in [5.41, 5.74) is 0.133. The van der Waals surface area contributed by atoms with Gasteiger partial charge in [0.2, 0.25) is 17.8 Å². The van der Waals surface area contributed by atoms with Crippen LogP contribution in [0.1, 0.15) is 10.4 Å². The van der Waals surface area contributed by atoms with Crippen LogP contribution in [0, 0.1) is 5.95 Å². The molecule has 2 rings (SSSR count). The van der Waals surface area contributed by atoms with Crippen molar-refractivity contribution < 1.29 is 18.8 Å². The van der Waals surface area contributed by atoms with Crippen molar-refractivity contribution in [2.45, 2.75) is 0 Å². The van der Waals surface area contributed by atoms with Crippen LogP contribution in [0.25, 0.3) is 0 Å². The van der Waals surface area contributed by atoms with E-state index in [1.807, 2.05) is 0 Å². The zero-order valence-corrected chi connectivity index (χ0v) is 8.64. The van der Waals surface area contributed by atoms with Gasteiger partial charge in [0.05, 0.1) is 5.56 Å². The van der Waals surface area contributed by atoms with E-state index < -0.39 is 23.7 Å². The number of piperazine rings is 1. The van der Waals surface area contributed by atoms with Crippen LogP contribution in [0.3, 0.4) is 0 Å². The minimum atomic E-state index is -0.700. The Balaban J connectivity index is 2.17. The summed E-state index contributed by atoms with van der Waals surface area (Å²) in [5.74, 6) is -2.30. The molecule has 3 amide bonds. The van der Waals surface area contributed by atoms with Crippen LogP contribution >= 0.6 is 0 Å². The summed E-state index contributed by atoms with van der Waals surface area (Å²) in [6.45, 7) is -0.385. The Hall–Kier alpha value is -2.31. The molecule has 1 N–H and O–H groups in total. The molecule has 0 aliphatic carbocycles. The van der Waals surface area contributed by atoms with Gasteiger partial charge in [0, 0.05) is 6.20 Å². The van der Waals surface area contributed by atoms with Gasteiger partial charge in [-0.3, -0.25) is 19.7 Å². The molecule has 1 aliphatic rings. The van der Waals surface area contributed by atoms with Gasteiger partial charge in [-0.15, -0.1) is 0 Å². The molecular formula is C10H8FN3O3. The van der Waals surface area contributed by atoms with Crippen molar-refractivity contribution in [2.24, 2.45) is 0 Å². The molecule has 0 unspecified atom stereocenters. The number of aromatic nitrogens is 1. The molecular weight excluding hydrogens is 229 g/mol. The summed E-state index contributed by atoms with van der Waals surface area (Å²) < 4.78 is 12.6. The van der Waals surface area contributed by atoms with E-state index in [1.165, 1.54) is 6.07 Å². The lowest BCUT2D eigenvalue weighted by atomic mass is 10.2. The lowest BCUT2D eigenvalue weighted by Gasteiger charge is -2.25. The van der Waals surface area contributed by atoms with E-state index in [-0.39, 0.29) is 18.7 Å². The molecule has 2 heterocycles. The van der Waals surface area contributed by atoms with E-state index >= 15 is 0 Å². The Morgan fingerprint density at radius 3 is 2.47 bits per heavy atom. The molecule has 0 spiro atoms. The highest BCUT2D eigenvalue weighted by atomic mass is 19.1. The minimum Gasteiger partial charge on any atom is -0.320 e. The topological polar surface area (TPSA) is 79.4 Å². The zero-order chi connectivity index (χ0) is 12.4. The molecule has 0 radical (unpaired) electrons. The SMILES string of the molecule is O=C1CN(C(=O)c2ccc(F)nc2)CC(=O)N1. The molecule has 0 atom stereocenters. The second-order valence-electron chi connectivity index (χ2n) is 3.50. The maximum atomic E-state index is 12.6. The molecule has 17 heavy (non-hydrogen) atoms. The van der Waals surface area contributed by atoms with Gasteiger partial charge in [-0.2, -0.15) is 4.39 Å². The van der Waals surface area contributed by atoms with Gasteiger partial charge >= 0.3 is 0 Å². The highest BCUT2D eigenvalue weighted by molar-refractivity contribution is 6.05. The number of imide groups is 1. The highest BCUT2D eigenvalue weighted by Gasteiger charge is 2.27. The third kappa shape index (κ3) is 2.44. The standard InChI is InChI=1S/C10H8FN3O3/c11-7-2-1-6(3-12-7)10(17)14-4-8(15)13-9(16)5-14/h1-3H,4-5H2,(H,13,15,16). The maximum absolute atomic E-state index is 12.6. The fourth-order valence-electron chi connectivity index (χ4n) is 1.47. The Bertz CT molecular complexity index is 470.